The zero-order valence-corrected chi connectivity index (χ0v) is 30.3. The summed E-state index contributed by atoms with van der Waals surface area (Å²) in [6.45, 7) is 14.8. The van der Waals surface area contributed by atoms with E-state index < -0.39 is 46.2 Å². The number of hydrogen-bond acceptors (Lipinski definition) is 6. The van der Waals surface area contributed by atoms with Crippen LogP contribution in [0.15, 0.2) is 59.5 Å². The molecule has 2 aromatic carbocycles. The Morgan fingerprint density at radius 2 is 1.73 bits per heavy atom. The number of sulfonamides is 1. The van der Waals surface area contributed by atoms with Crippen molar-refractivity contribution in [1.29, 1.82) is 0 Å². The van der Waals surface area contributed by atoms with Crippen molar-refractivity contribution in [2.24, 2.45) is 23.2 Å². The predicted octanol–water partition coefficient (Wildman–Crippen LogP) is 5.45. The Labute approximate surface area is 287 Å². The minimum absolute atomic E-state index is 0.0159. The van der Waals surface area contributed by atoms with Gasteiger partial charge in [-0.05, 0) is 85.5 Å². The number of nitrogens with zero attached hydrogens (tertiary/aromatic N) is 1. The van der Waals surface area contributed by atoms with E-state index in [-0.39, 0.29) is 41.2 Å². The molecule has 0 radical (unpaired) electrons. The average molecular weight is 678 g/mol. The second kappa shape index (κ2) is 12.9. The predicted molar refractivity (Wildman–Crippen MR) is 186 cm³/mol. The summed E-state index contributed by atoms with van der Waals surface area (Å²) in [5.74, 6) is -0.532. The van der Waals surface area contributed by atoms with E-state index in [1.165, 1.54) is 0 Å². The lowest BCUT2D eigenvalue weighted by Crippen LogP contribution is -2.65. The van der Waals surface area contributed by atoms with Crippen molar-refractivity contribution >= 4 is 29.0 Å². The second-order valence-corrected chi connectivity index (χ2v) is 17.2. The summed E-state index contributed by atoms with van der Waals surface area (Å²) in [7, 11) is -4.63. The molecule has 2 N–H and O–H groups in total. The van der Waals surface area contributed by atoms with Gasteiger partial charge in [-0.1, -0.05) is 90.4 Å². The van der Waals surface area contributed by atoms with E-state index in [0.29, 0.717) is 23.8 Å². The highest BCUT2D eigenvalue weighted by Gasteiger charge is 2.68. The summed E-state index contributed by atoms with van der Waals surface area (Å²) >= 11 is 0. The Morgan fingerprint density at radius 1 is 1.04 bits per heavy atom. The number of carbonyl (C=O) groups excluding carboxylic acids is 2. The van der Waals surface area contributed by atoms with E-state index in [4.69, 9.17) is 9.31 Å². The van der Waals surface area contributed by atoms with Crippen LogP contribution in [0.25, 0.3) is 0 Å². The van der Waals surface area contributed by atoms with Crippen molar-refractivity contribution in [3.8, 4) is 0 Å². The molecule has 2 amide bonds. The highest BCUT2D eigenvalue weighted by atomic mass is 32.2. The normalized spacial score (nSPS) is 30.6. The Hall–Kier alpha value is -2.73. The zero-order valence-electron chi connectivity index (χ0n) is 29.5. The lowest BCUT2D eigenvalue weighted by molar-refractivity contribution is -0.199. The smallest absolute Gasteiger partial charge is 0.404 e. The maximum absolute atomic E-state index is 14.5. The summed E-state index contributed by atoms with van der Waals surface area (Å²) < 4.78 is 43.5. The summed E-state index contributed by atoms with van der Waals surface area (Å²) in [6.07, 6.45) is 4.70. The minimum atomic E-state index is -4.04. The molecule has 260 valence electrons. The van der Waals surface area contributed by atoms with Gasteiger partial charge in [-0.25, -0.2) is 8.42 Å². The standard InChI is InChI=1S/C37H52BN3O6S/c1-8-13-25-16-18-28(19-17-25)48(44,45)40-37(24(3)4)20-21-41(34(37)43)32(26-14-11-10-12-15-26)33(42)39-31(9-2)38-46-30-23-27-22-29(35(27,5)6)36(30,7)47-38/h10-12,14-19,24,27,29-32,40H,8-9,13,20-23H2,1-7H3,(H,39,42)/t27-,29-,30?,31+,32+,36+,37?/m1/s1. The van der Waals surface area contributed by atoms with Crippen LogP contribution in [0.3, 0.4) is 0 Å². The number of rotatable bonds is 12. The van der Waals surface area contributed by atoms with Crippen LogP contribution in [-0.2, 0) is 35.3 Å². The largest absolute Gasteiger partial charge is 0.481 e. The molecule has 2 unspecified atom stereocenters. The fourth-order valence-electron chi connectivity index (χ4n) is 8.98. The Bertz CT molecular complexity index is 1620. The molecule has 9 nitrogen and oxygen atoms in total. The van der Waals surface area contributed by atoms with Gasteiger partial charge in [0.15, 0.2) is 0 Å². The molecule has 3 saturated carbocycles. The summed E-state index contributed by atoms with van der Waals surface area (Å²) in [5.41, 5.74) is 0.0976. The van der Waals surface area contributed by atoms with Gasteiger partial charge in [-0.15, -0.1) is 0 Å². The SMILES string of the molecule is CCCc1ccc(S(=O)(=O)NC2(C(C)C)CCN([C@H](C(=O)N[C@@H](CC)B3OC4C[C@H]5C[C@H](C5(C)C)[C@]4(C)O3)c3ccccc3)C2=O)cc1. The van der Waals surface area contributed by atoms with Crippen molar-refractivity contribution in [3.05, 3.63) is 65.7 Å². The molecular formula is C37H52BN3O6S. The fourth-order valence-corrected chi connectivity index (χ4v) is 10.5. The first-order valence-electron chi connectivity index (χ1n) is 17.8. The monoisotopic (exact) mass is 677 g/mol. The fraction of sp³-hybridized carbons (Fsp3) is 0.622. The average Bonchev–Trinajstić information content (AvgIpc) is 3.57. The third kappa shape index (κ3) is 5.82. The molecule has 5 aliphatic rings. The highest BCUT2D eigenvalue weighted by Crippen LogP contribution is 2.65. The van der Waals surface area contributed by atoms with Crippen molar-refractivity contribution in [2.45, 2.75) is 121 Å². The summed E-state index contributed by atoms with van der Waals surface area (Å²) in [6, 6.07) is 15.1. The number of amides is 2. The number of hydrogen-bond donors (Lipinski definition) is 2. The van der Waals surface area contributed by atoms with Crippen molar-refractivity contribution in [3.63, 3.8) is 0 Å². The highest BCUT2D eigenvalue weighted by molar-refractivity contribution is 7.89. The van der Waals surface area contributed by atoms with Gasteiger partial charge in [-0.3, -0.25) is 9.59 Å². The first-order valence-corrected chi connectivity index (χ1v) is 19.3. The van der Waals surface area contributed by atoms with Crippen molar-refractivity contribution in [2.75, 3.05) is 6.54 Å². The van der Waals surface area contributed by atoms with E-state index in [2.05, 4.69) is 37.7 Å². The second-order valence-electron chi connectivity index (χ2n) is 15.5. The van der Waals surface area contributed by atoms with Gasteiger partial charge in [0.1, 0.15) is 11.6 Å². The van der Waals surface area contributed by atoms with Crippen LogP contribution in [0.2, 0.25) is 0 Å². The van der Waals surface area contributed by atoms with Crippen molar-refractivity contribution < 1.29 is 27.3 Å². The van der Waals surface area contributed by atoms with Crippen LogP contribution in [0.5, 0.6) is 0 Å². The van der Waals surface area contributed by atoms with Crippen LogP contribution < -0.4 is 10.0 Å². The molecule has 0 aromatic heterocycles. The maximum atomic E-state index is 14.5. The molecule has 2 saturated heterocycles. The number of aryl methyl sites for hydroxylation is 1. The van der Waals surface area contributed by atoms with Gasteiger partial charge in [0.05, 0.1) is 22.5 Å². The lowest BCUT2D eigenvalue weighted by Gasteiger charge is -2.64. The molecule has 7 atom stereocenters. The first kappa shape index (κ1) is 35.1. The van der Waals surface area contributed by atoms with Crippen molar-refractivity contribution in [1.82, 2.24) is 14.9 Å². The number of likely N-dealkylation sites (tertiary alicyclic amines) is 1. The van der Waals surface area contributed by atoms with Crippen LogP contribution >= 0.6 is 0 Å². The minimum Gasteiger partial charge on any atom is -0.404 e. The van der Waals surface area contributed by atoms with Gasteiger partial charge >= 0.3 is 7.12 Å². The first-order chi connectivity index (χ1) is 22.7. The van der Waals surface area contributed by atoms with Crippen LogP contribution in [0.1, 0.15) is 97.7 Å². The maximum Gasteiger partial charge on any atom is 0.481 e. The number of benzene rings is 2. The Morgan fingerprint density at radius 3 is 2.33 bits per heavy atom. The van der Waals surface area contributed by atoms with E-state index in [1.54, 1.807) is 17.0 Å². The molecule has 5 fully saturated rings. The molecule has 0 spiro atoms. The molecule has 11 heteroatoms. The number of nitrogens with one attached hydrogen (secondary N) is 2. The molecule has 2 aromatic rings. The molecular weight excluding hydrogens is 625 g/mol. The molecule has 7 rings (SSSR count). The van der Waals surface area contributed by atoms with Gasteiger partial charge in [0.25, 0.3) is 0 Å². The molecule has 2 heterocycles. The third-order valence-electron chi connectivity index (χ3n) is 12.2. The van der Waals surface area contributed by atoms with Gasteiger partial charge in [0, 0.05) is 6.54 Å². The molecule has 2 bridgehead atoms. The zero-order chi connectivity index (χ0) is 34.6. The Balaban J connectivity index is 1.24. The molecule has 3 aliphatic carbocycles. The van der Waals surface area contributed by atoms with Gasteiger partial charge in [0.2, 0.25) is 21.8 Å². The lowest BCUT2D eigenvalue weighted by atomic mass is 9.43. The number of carbonyl (C=O) groups is 2. The van der Waals surface area contributed by atoms with Crippen LogP contribution in [0, 0.1) is 23.2 Å². The van der Waals surface area contributed by atoms with Crippen LogP contribution in [-0.4, -0.2) is 62.0 Å². The van der Waals surface area contributed by atoms with E-state index >= 15 is 0 Å². The summed E-state index contributed by atoms with van der Waals surface area (Å²) in [5, 5.41) is 3.21. The van der Waals surface area contributed by atoms with Gasteiger partial charge < -0.3 is 19.5 Å². The van der Waals surface area contributed by atoms with Gasteiger partial charge in [-0.2, -0.15) is 4.72 Å². The third-order valence-corrected chi connectivity index (χ3v) is 13.7. The quantitative estimate of drug-likeness (QED) is 0.289. The van der Waals surface area contributed by atoms with E-state index in [1.807, 2.05) is 63.2 Å². The summed E-state index contributed by atoms with van der Waals surface area (Å²) in [4.78, 5) is 30.6. The molecule has 2 aliphatic heterocycles. The Kier molecular flexibility index (Phi) is 9.41. The van der Waals surface area contributed by atoms with E-state index in [9.17, 15) is 18.0 Å². The van der Waals surface area contributed by atoms with E-state index in [0.717, 1.165) is 31.2 Å². The van der Waals surface area contributed by atoms with Crippen LogP contribution in [0.4, 0.5) is 0 Å². The topological polar surface area (TPSA) is 114 Å². The molecule has 48 heavy (non-hydrogen) atoms.